The molecule has 1 aliphatic heterocycles. The summed E-state index contributed by atoms with van der Waals surface area (Å²) in [7, 11) is 0. The van der Waals surface area contributed by atoms with E-state index in [1.807, 2.05) is 6.92 Å². The second kappa shape index (κ2) is 5.91. The van der Waals surface area contributed by atoms with Gasteiger partial charge in [0.15, 0.2) is 0 Å². The molecule has 0 saturated carbocycles. The van der Waals surface area contributed by atoms with E-state index in [9.17, 15) is 4.79 Å². The van der Waals surface area contributed by atoms with Crippen molar-refractivity contribution in [1.82, 2.24) is 14.5 Å². The van der Waals surface area contributed by atoms with Crippen LogP contribution in [0.2, 0.25) is 0 Å². The molecule has 18 heavy (non-hydrogen) atoms. The predicted octanol–water partition coefficient (Wildman–Crippen LogP) is 2.01. The zero-order valence-electron chi connectivity index (χ0n) is 10.4. The third-order valence-corrected chi connectivity index (χ3v) is 3.91. The number of carbonyl (C=O) groups excluding carboxylic acids is 1. The summed E-state index contributed by atoms with van der Waals surface area (Å²) >= 11 is 1.14. The maximum absolute atomic E-state index is 12.4. The van der Waals surface area contributed by atoms with E-state index in [1.165, 1.54) is 0 Å². The summed E-state index contributed by atoms with van der Waals surface area (Å²) in [5.41, 5.74) is 0.773. The molecule has 0 aliphatic carbocycles. The number of rotatable bonds is 3. The molecular weight excluding hydrogens is 248 g/mol. The molecule has 0 spiro atoms. The summed E-state index contributed by atoms with van der Waals surface area (Å²) in [6.45, 7) is 2.72. The van der Waals surface area contributed by atoms with Crippen LogP contribution in [0.1, 0.15) is 48.0 Å². The van der Waals surface area contributed by atoms with Gasteiger partial charge in [-0.15, -0.1) is 5.10 Å². The van der Waals surface area contributed by atoms with Crippen LogP contribution in [-0.2, 0) is 6.42 Å². The molecule has 0 radical (unpaired) electrons. The molecule has 1 saturated heterocycles. The van der Waals surface area contributed by atoms with Crippen molar-refractivity contribution in [2.24, 2.45) is 0 Å². The first kappa shape index (κ1) is 13.0. The van der Waals surface area contributed by atoms with Crippen molar-refractivity contribution in [2.45, 2.75) is 45.1 Å². The normalized spacial score (nSPS) is 19.6. The van der Waals surface area contributed by atoms with E-state index in [-0.39, 0.29) is 11.9 Å². The minimum atomic E-state index is -0.289. The first-order valence-electron chi connectivity index (χ1n) is 6.29. The third kappa shape index (κ3) is 2.51. The molecule has 2 rings (SSSR count). The molecule has 1 unspecified atom stereocenters. The Morgan fingerprint density at radius 3 is 3.17 bits per heavy atom. The highest BCUT2D eigenvalue weighted by atomic mass is 32.1. The summed E-state index contributed by atoms with van der Waals surface area (Å²) in [4.78, 5) is 14.7. The third-order valence-electron chi connectivity index (χ3n) is 3.15. The van der Waals surface area contributed by atoms with E-state index in [2.05, 4.69) is 15.7 Å². The highest BCUT2D eigenvalue weighted by Crippen LogP contribution is 2.22. The fourth-order valence-electron chi connectivity index (χ4n) is 2.21. The van der Waals surface area contributed by atoms with Gasteiger partial charge in [0.05, 0.1) is 11.8 Å². The standard InChI is InChI=1S/C12H16N4OS/c1-2-5-10-11(18-15-14-10)12(17)16-7-4-3-6-9(16)8-13/h9H,2-7H2,1H3. The van der Waals surface area contributed by atoms with Gasteiger partial charge in [-0.2, -0.15) is 5.26 Å². The zero-order chi connectivity index (χ0) is 13.0. The molecular formula is C12H16N4OS. The number of aryl methyl sites for hydroxylation is 1. The fraction of sp³-hybridized carbons (Fsp3) is 0.667. The van der Waals surface area contributed by atoms with Gasteiger partial charge in [0.1, 0.15) is 10.9 Å². The van der Waals surface area contributed by atoms with Crippen LogP contribution in [0, 0.1) is 11.3 Å². The van der Waals surface area contributed by atoms with Gasteiger partial charge in [0.25, 0.3) is 5.91 Å². The largest absolute Gasteiger partial charge is 0.322 e. The van der Waals surface area contributed by atoms with E-state index >= 15 is 0 Å². The predicted molar refractivity (Wildman–Crippen MR) is 68.2 cm³/mol. The van der Waals surface area contributed by atoms with E-state index in [0.29, 0.717) is 11.4 Å². The monoisotopic (exact) mass is 264 g/mol. The van der Waals surface area contributed by atoms with Gasteiger partial charge >= 0.3 is 0 Å². The minimum Gasteiger partial charge on any atom is -0.322 e. The zero-order valence-corrected chi connectivity index (χ0v) is 11.2. The number of aromatic nitrogens is 2. The van der Waals surface area contributed by atoms with E-state index in [0.717, 1.165) is 49.3 Å². The van der Waals surface area contributed by atoms with Crippen molar-refractivity contribution < 1.29 is 4.79 Å². The van der Waals surface area contributed by atoms with Crippen LogP contribution >= 0.6 is 11.5 Å². The Hall–Kier alpha value is -1.48. The quantitative estimate of drug-likeness (QED) is 0.837. The molecule has 0 N–H and O–H groups in total. The average Bonchev–Trinajstić information content (AvgIpc) is 2.86. The highest BCUT2D eigenvalue weighted by molar-refractivity contribution is 7.08. The lowest BCUT2D eigenvalue weighted by atomic mass is 10.0. The van der Waals surface area contributed by atoms with E-state index < -0.39 is 0 Å². The number of piperidine rings is 1. The average molecular weight is 264 g/mol. The Bertz CT molecular complexity index is 465. The molecule has 0 aromatic carbocycles. The molecule has 1 aromatic rings. The van der Waals surface area contributed by atoms with Gasteiger partial charge in [0.2, 0.25) is 0 Å². The number of nitriles is 1. The van der Waals surface area contributed by atoms with Crippen molar-refractivity contribution in [1.29, 1.82) is 5.26 Å². The number of amides is 1. The molecule has 1 aliphatic rings. The van der Waals surface area contributed by atoms with Gasteiger partial charge in [-0.05, 0) is 37.2 Å². The topological polar surface area (TPSA) is 69.9 Å². The van der Waals surface area contributed by atoms with Gasteiger partial charge in [-0.25, -0.2) is 0 Å². The summed E-state index contributed by atoms with van der Waals surface area (Å²) in [6, 6.07) is 1.93. The Balaban J connectivity index is 2.19. The van der Waals surface area contributed by atoms with Gasteiger partial charge in [-0.3, -0.25) is 4.79 Å². The summed E-state index contributed by atoms with van der Waals surface area (Å²) in [6.07, 6.45) is 4.47. The van der Waals surface area contributed by atoms with E-state index in [1.54, 1.807) is 4.90 Å². The maximum Gasteiger partial charge on any atom is 0.268 e. The first-order chi connectivity index (χ1) is 8.77. The Kier molecular flexibility index (Phi) is 4.26. The van der Waals surface area contributed by atoms with E-state index in [4.69, 9.17) is 5.26 Å². The van der Waals surface area contributed by atoms with Crippen LogP contribution < -0.4 is 0 Å². The van der Waals surface area contributed by atoms with Crippen LogP contribution in [0.5, 0.6) is 0 Å². The second-order valence-electron chi connectivity index (χ2n) is 4.44. The van der Waals surface area contributed by atoms with Gasteiger partial charge < -0.3 is 4.90 Å². The lowest BCUT2D eigenvalue weighted by molar-refractivity contribution is 0.0674. The minimum absolute atomic E-state index is 0.0697. The number of hydrogen-bond acceptors (Lipinski definition) is 5. The molecule has 96 valence electrons. The summed E-state index contributed by atoms with van der Waals surface area (Å²) < 4.78 is 3.87. The van der Waals surface area contributed by atoms with Crippen molar-refractivity contribution in [3.8, 4) is 6.07 Å². The number of carbonyl (C=O) groups is 1. The highest BCUT2D eigenvalue weighted by Gasteiger charge is 2.30. The van der Waals surface area contributed by atoms with Crippen LogP contribution in [0.3, 0.4) is 0 Å². The number of likely N-dealkylation sites (tertiary alicyclic amines) is 1. The molecule has 1 fully saturated rings. The van der Waals surface area contributed by atoms with Crippen LogP contribution in [0.4, 0.5) is 0 Å². The molecule has 0 bridgehead atoms. The molecule has 2 heterocycles. The Morgan fingerprint density at radius 1 is 1.61 bits per heavy atom. The smallest absolute Gasteiger partial charge is 0.268 e. The van der Waals surface area contributed by atoms with Crippen molar-refractivity contribution in [3.05, 3.63) is 10.6 Å². The van der Waals surface area contributed by atoms with Crippen LogP contribution in [0.15, 0.2) is 0 Å². The van der Waals surface area contributed by atoms with Crippen molar-refractivity contribution in [2.75, 3.05) is 6.54 Å². The Morgan fingerprint density at radius 2 is 2.44 bits per heavy atom. The van der Waals surface area contributed by atoms with Crippen LogP contribution in [0.25, 0.3) is 0 Å². The number of nitrogens with zero attached hydrogens (tertiary/aromatic N) is 4. The van der Waals surface area contributed by atoms with Gasteiger partial charge in [-0.1, -0.05) is 17.8 Å². The lowest BCUT2D eigenvalue weighted by Crippen LogP contribution is -2.42. The molecule has 5 nitrogen and oxygen atoms in total. The molecule has 1 aromatic heterocycles. The van der Waals surface area contributed by atoms with Crippen molar-refractivity contribution in [3.63, 3.8) is 0 Å². The fourth-order valence-corrected chi connectivity index (χ4v) is 2.88. The van der Waals surface area contributed by atoms with Gasteiger partial charge in [0, 0.05) is 6.54 Å². The van der Waals surface area contributed by atoms with Crippen LogP contribution in [-0.4, -0.2) is 33.0 Å². The first-order valence-corrected chi connectivity index (χ1v) is 7.07. The number of hydrogen-bond donors (Lipinski definition) is 0. The lowest BCUT2D eigenvalue weighted by Gasteiger charge is -2.30. The SMILES string of the molecule is CCCc1nnsc1C(=O)N1CCCCC1C#N. The molecule has 1 amide bonds. The summed E-state index contributed by atoms with van der Waals surface area (Å²) in [5, 5.41) is 13.1. The summed E-state index contributed by atoms with van der Waals surface area (Å²) in [5.74, 6) is -0.0697. The van der Waals surface area contributed by atoms with Crippen molar-refractivity contribution >= 4 is 17.4 Å². The molecule has 6 heteroatoms. The second-order valence-corrected chi connectivity index (χ2v) is 5.19. The maximum atomic E-state index is 12.4. The molecule has 1 atom stereocenters. The Labute approximate surface area is 111 Å².